The Bertz CT molecular complexity index is 728. The Morgan fingerprint density at radius 2 is 2.22 bits per heavy atom. The molecular weight excluding hydrogens is 316 g/mol. The van der Waals surface area contributed by atoms with E-state index in [2.05, 4.69) is 15.5 Å². The highest BCUT2D eigenvalue weighted by Gasteiger charge is 2.15. The first-order valence-electron chi connectivity index (χ1n) is 6.89. The Morgan fingerprint density at radius 3 is 2.87 bits per heavy atom. The molecule has 2 rings (SSSR count). The second kappa shape index (κ2) is 7.59. The maximum absolute atomic E-state index is 12.1. The van der Waals surface area contributed by atoms with E-state index in [0.717, 1.165) is 11.3 Å². The van der Waals surface area contributed by atoms with Crippen LogP contribution in [0.5, 0.6) is 11.5 Å². The van der Waals surface area contributed by atoms with Crippen LogP contribution in [0.3, 0.4) is 0 Å². The van der Waals surface area contributed by atoms with Crippen molar-refractivity contribution in [1.82, 2.24) is 10.4 Å². The minimum absolute atomic E-state index is 0.339. The van der Waals surface area contributed by atoms with Crippen molar-refractivity contribution in [3.05, 3.63) is 34.3 Å². The number of amides is 1. The van der Waals surface area contributed by atoms with E-state index in [1.54, 1.807) is 32.4 Å². The van der Waals surface area contributed by atoms with Gasteiger partial charge in [0.1, 0.15) is 16.4 Å². The Hall–Kier alpha value is -2.61. The molecule has 23 heavy (non-hydrogen) atoms. The molecule has 0 saturated heterocycles. The van der Waals surface area contributed by atoms with Gasteiger partial charge in [0.25, 0.3) is 5.91 Å². The van der Waals surface area contributed by atoms with E-state index in [9.17, 15) is 4.79 Å². The second-order valence-corrected chi connectivity index (χ2v) is 5.52. The van der Waals surface area contributed by atoms with Crippen LogP contribution in [0.25, 0.3) is 0 Å². The van der Waals surface area contributed by atoms with E-state index >= 15 is 0 Å². The number of hydrazone groups is 1. The molecule has 0 bridgehead atoms. The summed E-state index contributed by atoms with van der Waals surface area (Å²) in [6.45, 7) is 1.91. The lowest BCUT2D eigenvalue weighted by molar-refractivity contribution is 0.0958. The van der Waals surface area contributed by atoms with Crippen molar-refractivity contribution in [2.24, 2.45) is 5.10 Å². The van der Waals surface area contributed by atoms with Gasteiger partial charge in [-0.2, -0.15) is 5.10 Å². The van der Waals surface area contributed by atoms with Crippen LogP contribution in [-0.2, 0) is 6.42 Å². The fourth-order valence-electron chi connectivity index (χ4n) is 1.94. The van der Waals surface area contributed by atoms with Crippen LogP contribution in [0.1, 0.15) is 27.9 Å². The van der Waals surface area contributed by atoms with E-state index < -0.39 is 0 Å². The number of aromatic nitrogens is 1. The summed E-state index contributed by atoms with van der Waals surface area (Å²) in [5.41, 5.74) is 9.47. The fraction of sp³-hybridized carbons (Fsp3) is 0.267. The van der Waals surface area contributed by atoms with Crippen molar-refractivity contribution in [3.63, 3.8) is 0 Å². The molecule has 0 spiro atoms. The Balaban J connectivity index is 2.13. The predicted octanol–water partition coefficient (Wildman–Crippen LogP) is 2.07. The molecule has 1 amide bonds. The third-order valence-corrected chi connectivity index (χ3v) is 3.99. The highest BCUT2D eigenvalue weighted by atomic mass is 32.1. The molecule has 3 N–H and O–H groups in total. The number of nitrogens with two attached hydrogens (primary N) is 1. The first-order chi connectivity index (χ1) is 11.1. The summed E-state index contributed by atoms with van der Waals surface area (Å²) in [7, 11) is 3.14. The topological polar surface area (TPSA) is 98.8 Å². The number of hydrogen-bond donors (Lipinski definition) is 2. The summed E-state index contributed by atoms with van der Waals surface area (Å²) < 4.78 is 10.4. The largest absolute Gasteiger partial charge is 0.497 e. The zero-order valence-corrected chi connectivity index (χ0v) is 13.9. The van der Waals surface area contributed by atoms with Gasteiger partial charge in [-0.05, 0) is 24.6 Å². The number of anilines is 1. The van der Waals surface area contributed by atoms with Gasteiger partial charge in [-0.25, -0.2) is 10.4 Å². The molecular formula is C15H18N4O3S. The molecule has 1 aromatic carbocycles. The number of carbonyl (C=O) groups excluding carboxylic acids is 1. The molecule has 0 fully saturated rings. The molecule has 8 heteroatoms. The normalized spacial score (nSPS) is 10.7. The molecule has 122 valence electrons. The minimum Gasteiger partial charge on any atom is -0.497 e. The maximum atomic E-state index is 12.1. The third kappa shape index (κ3) is 3.98. The highest BCUT2D eigenvalue weighted by Crippen LogP contribution is 2.23. The number of nitrogens with one attached hydrogen (secondary N) is 1. The van der Waals surface area contributed by atoms with Crippen LogP contribution < -0.4 is 20.6 Å². The van der Waals surface area contributed by atoms with Crippen LogP contribution >= 0.6 is 11.3 Å². The average molecular weight is 334 g/mol. The fourth-order valence-corrected chi connectivity index (χ4v) is 2.75. The molecule has 0 aliphatic carbocycles. The average Bonchev–Trinajstić information content (AvgIpc) is 2.95. The zero-order chi connectivity index (χ0) is 16.8. The van der Waals surface area contributed by atoms with Crippen LogP contribution in [0.15, 0.2) is 23.3 Å². The zero-order valence-electron chi connectivity index (χ0n) is 13.1. The molecule has 0 aliphatic heterocycles. The smallest absolute Gasteiger partial charge is 0.283 e. The van der Waals surface area contributed by atoms with E-state index in [0.29, 0.717) is 39.2 Å². The number of thiazole rings is 1. The quantitative estimate of drug-likeness (QED) is 0.622. The molecule has 2 aromatic rings. The molecule has 0 aliphatic rings. The molecule has 1 heterocycles. The first kappa shape index (κ1) is 16.8. The van der Waals surface area contributed by atoms with E-state index in [1.165, 1.54) is 6.21 Å². The highest BCUT2D eigenvalue weighted by molar-refractivity contribution is 7.17. The van der Waals surface area contributed by atoms with Gasteiger partial charge >= 0.3 is 0 Å². The number of ether oxygens (including phenoxy) is 2. The number of carbonyl (C=O) groups is 1. The number of aryl methyl sites for hydroxylation is 1. The lowest BCUT2D eigenvalue weighted by Gasteiger charge is -2.06. The summed E-state index contributed by atoms with van der Waals surface area (Å²) in [6, 6.07) is 5.31. The molecule has 1 aromatic heterocycles. The summed E-state index contributed by atoms with van der Waals surface area (Å²) in [5, 5.41) is 4.33. The lowest BCUT2D eigenvalue weighted by atomic mass is 10.2. The number of rotatable bonds is 6. The summed E-state index contributed by atoms with van der Waals surface area (Å²) in [6.07, 6.45) is 2.12. The standard InChI is InChI=1S/C15H18N4O3S/c1-4-11-13(23-15(16)18-11)14(20)19-17-8-9-7-10(21-2)5-6-12(9)22-3/h5-8H,4H2,1-3H3,(H2,16,18)(H,19,20)/b17-8-. The Labute approximate surface area is 138 Å². The number of nitrogen functional groups attached to an aromatic ring is 1. The van der Waals surface area contributed by atoms with E-state index in [4.69, 9.17) is 15.2 Å². The minimum atomic E-state index is -0.339. The van der Waals surface area contributed by atoms with Crippen LogP contribution in [0, 0.1) is 0 Å². The SMILES string of the molecule is CCc1nc(N)sc1C(=O)N/N=C\c1cc(OC)ccc1OC. The number of benzene rings is 1. The monoisotopic (exact) mass is 334 g/mol. The van der Waals surface area contributed by atoms with Gasteiger partial charge in [0.2, 0.25) is 0 Å². The summed E-state index contributed by atoms with van der Waals surface area (Å²) in [4.78, 5) is 16.7. The number of nitrogens with zero attached hydrogens (tertiary/aromatic N) is 2. The lowest BCUT2D eigenvalue weighted by Crippen LogP contribution is -2.17. The Kier molecular flexibility index (Phi) is 5.53. The van der Waals surface area contributed by atoms with Gasteiger partial charge in [-0.1, -0.05) is 18.3 Å². The van der Waals surface area contributed by atoms with Gasteiger partial charge in [0.15, 0.2) is 5.13 Å². The van der Waals surface area contributed by atoms with Crippen LogP contribution in [0.2, 0.25) is 0 Å². The third-order valence-electron chi connectivity index (χ3n) is 3.06. The maximum Gasteiger partial charge on any atom is 0.283 e. The van der Waals surface area contributed by atoms with Gasteiger partial charge in [-0.15, -0.1) is 0 Å². The van der Waals surface area contributed by atoms with Crippen molar-refractivity contribution < 1.29 is 14.3 Å². The van der Waals surface area contributed by atoms with Gasteiger partial charge in [0.05, 0.1) is 26.1 Å². The van der Waals surface area contributed by atoms with Gasteiger partial charge < -0.3 is 15.2 Å². The van der Waals surface area contributed by atoms with Crippen molar-refractivity contribution >= 4 is 28.6 Å². The molecule has 0 radical (unpaired) electrons. The van der Waals surface area contributed by atoms with Gasteiger partial charge in [-0.3, -0.25) is 4.79 Å². The van der Waals surface area contributed by atoms with Crippen molar-refractivity contribution in [2.45, 2.75) is 13.3 Å². The second-order valence-electron chi connectivity index (χ2n) is 4.49. The number of hydrogen-bond acceptors (Lipinski definition) is 7. The van der Waals surface area contributed by atoms with E-state index in [-0.39, 0.29) is 5.91 Å². The predicted molar refractivity (Wildman–Crippen MR) is 90.5 cm³/mol. The van der Waals surface area contributed by atoms with Gasteiger partial charge in [0, 0.05) is 5.56 Å². The molecule has 0 unspecified atom stereocenters. The van der Waals surface area contributed by atoms with Crippen molar-refractivity contribution in [3.8, 4) is 11.5 Å². The van der Waals surface area contributed by atoms with E-state index in [1.807, 2.05) is 6.92 Å². The molecule has 0 atom stereocenters. The summed E-state index contributed by atoms with van der Waals surface area (Å²) >= 11 is 1.14. The number of methoxy groups -OCH3 is 2. The van der Waals surface area contributed by atoms with Crippen molar-refractivity contribution in [1.29, 1.82) is 0 Å². The summed E-state index contributed by atoms with van der Waals surface area (Å²) in [5.74, 6) is 0.955. The molecule has 7 nitrogen and oxygen atoms in total. The first-order valence-corrected chi connectivity index (χ1v) is 7.71. The molecule has 0 saturated carbocycles. The van der Waals surface area contributed by atoms with Crippen LogP contribution in [-0.4, -0.2) is 31.3 Å². The Morgan fingerprint density at radius 1 is 1.43 bits per heavy atom. The van der Waals surface area contributed by atoms with Crippen molar-refractivity contribution in [2.75, 3.05) is 20.0 Å². The van der Waals surface area contributed by atoms with Crippen LogP contribution in [0.4, 0.5) is 5.13 Å².